The highest BCUT2D eigenvalue weighted by molar-refractivity contribution is 5.72. The second-order valence-corrected chi connectivity index (χ2v) is 19.5. The highest BCUT2D eigenvalue weighted by atomic mass is 16.5. The fourth-order valence-electron chi connectivity index (χ4n) is 9.10. The van der Waals surface area contributed by atoms with Crippen molar-refractivity contribution in [3.8, 4) is 0 Å². The first-order valence-electron chi connectivity index (χ1n) is 28.2. The van der Waals surface area contributed by atoms with Crippen molar-refractivity contribution < 1.29 is 24.2 Å². The van der Waals surface area contributed by atoms with E-state index < -0.39 is 0 Å². The zero-order valence-corrected chi connectivity index (χ0v) is 42.6. The lowest BCUT2D eigenvalue weighted by Crippen LogP contribution is -2.27. The van der Waals surface area contributed by atoms with E-state index in [0.717, 1.165) is 122 Å². The van der Waals surface area contributed by atoms with E-state index in [-0.39, 0.29) is 30.4 Å². The van der Waals surface area contributed by atoms with Gasteiger partial charge < -0.3 is 19.5 Å². The summed E-state index contributed by atoms with van der Waals surface area (Å²) in [4.78, 5) is 28.9. The van der Waals surface area contributed by atoms with Gasteiger partial charge in [0.15, 0.2) is 0 Å². The first kappa shape index (κ1) is 60.9. The van der Waals surface area contributed by atoms with Crippen LogP contribution < -0.4 is 0 Å². The summed E-state index contributed by atoms with van der Waals surface area (Å²) in [6.07, 6.45) is 50.8. The van der Waals surface area contributed by atoms with Gasteiger partial charge in [0.2, 0.25) is 0 Å². The molecule has 6 heteroatoms. The molecule has 0 fully saturated rings. The van der Waals surface area contributed by atoms with E-state index in [4.69, 9.17) is 9.47 Å². The first-order valence-corrected chi connectivity index (χ1v) is 28.2. The number of nitrogens with zero attached hydrogens (tertiary/aromatic N) is 1. The van der Waals surface area contributed by atoms with Gasteiger partial charge in [-0.15, -0.1) is 0 Å². The molecule has 62 heavy (non-hydrogen) atoms. The van der Waals surface area contributed by atoms with E-state index in [0.29, 0.717) is 13.2 Å². The second kappa shape index (κ2) is 50.9. The molecule has 370 valence electrons. The Morgan fingerprint density at radius 2 is 0.581 bits per heavy atom. The lowest BCUT2D eigenvalue weighted by atomic mass is 9.94. The Labute approximate surface area is 388 Å². The summed E-state index contributed by atoms with van der Waals surface area (Å²) in [7, 11) is 0. The number of hydrogen-bond donors (Lipinski definition) is 1. The molecule has 0 aliphatic heterocycles. The molecule has 0 heterocycles. The number of carbonyl (C=O) groups is 2. The summed E-state index contributed by atoms with van der Waals surface area (Å²) in [6, 6.07) is 0. The van der Waals surface area contributed by atoms with Gasteiger partial charge in [-0.3, -0.25) is 9.59 Å². The molecule has 2 unspecified atom stereocenters. The van der Waals surface area contributed by atoms with Crippen LogP contribution in [0.5, 0.6) is 0 Å². The monoisotopic (exact) mass is 878 g/mol. The average molecular weight is 879 g/mol. The van der Waals surface area contributed by atoms with Crippen LogP contribution in [0.4, 0.5) is 0 Å². The standard InChI is InChI=1S/C56H111NO5/c1-5-9-13-17-21-23-27-35-45-53(43-33-25-19-15-11-7-3)55(59)61-51-41-31-29-37-47-57(49-39-40-50-58)48-38-30-32-42-52-62-56(60)54(44-34-26-20-16-12-8-4)46-36-28-24-22-18-14-10-6-2/h53-54,58H,5-52H2,1-4H3. The predicted octanol–water partition coefficient (Wildman–Crippen LogP) is 17.1. The van der Waals surface area contributed by atoms with Crippen LogP contribution in [-0.4, -0.2) is 61.4 Å². The topological polar surface area (TPSA) is 76.1 Å². The normalized spacial score (nSPS) is 12.6. The molecule has 0 aliphatic carbocycles. The predicted molar refractivity (Wildman–Crippen MR) is 269 cm³/mol. The molecule has 0 aromatic rings. The number of rotatable bonds is 52. The number of aliphatic hydroxyl groups is 1. The lowest BCUT2D eigenvalue weighted by molar-refractivity contribution is -0.150. The number of esters is 2. The van der Waals surface area contributed by atoms with E-state index in [2.05, 4.69) is 32.6 Å². The SMILES string of the molecule is CCCCCCCCCCC(CCCCCCCC)C(=O)OCCCCCCN(CCCCO)CCCCCCOC(=O)C(CCCCCCCC)CCCCCCCCCC. The van der Waals surface area contributed by atoms with Crippen molar-refractivity contribution in [1.82, 2.24) is 4.90 Å². The largest absolute Gasteiger partial charge is 0.465 e. The van der Waals surface area contributed by atoms with E-state index in [1.165, 1.54) is 167 Å². The third-order valence-electron chi connectivity index (χ3n) is 13.4. The Balaban J connectivity index is 4.48. The van der Waals surface area contributed by atoms with Crippen LogP contribution >= 0.6 is 0 Å². The molecular formula is C56H111NO5. The minimum absolute atomic E-state index is 0.0662. The maximum Gasteiger partial charge on any atom is 0.308 e. The minimum Gasteiger partial charge on any atom is -0.465 e. The van der Waals surface area contributed by atoms with E-state index in [1.54, 1.807) is 0 Å². The Morgan fingerprint density at radius 3 is 0.871 bits per heavy atom. The highest BCUT2D eigenvalue weighted by Crippen LogP contribution is 2.23. The van der Waals surface area contributed by atoms with Gasteiger partial charge in [0.05, 0.1) is 25.0 Å². The fourth-order valence-corrected chi connectivity index (χ4v) is 9.10. The smallest absolute Gasteiger partial charge is 0.308 e. The van der Waals surface area contributed by atoms with Crippen molar-refractivity contribution in [3.63, 3.8) is 0 Å². The quantitative estimate of drug-likeness (QED) is 0.0485. The molecule has 0 aromatic carbocycles. The fraction of sp³-hybridized carbons (Fsp3) is 0.964. The third kappa shape index (κ3) is 42.8. The van der Waals surface area contributed by atoms with Gasteiger partial charge in [-0.25, -0.2) is 0 Å². The molecule has 2 atom stereocenters. The van der Waals surface area contributed by atoms with Crippen LogP contribution in [0.3, 0.4) is 0 Å². The van der Waals surface area contributed by atoms with Crippen molar-refractivity contribution in [2.75, 3.05) is 39.5 Å². The van der Waals surface area contributed by atoms with Gasteiger partial charge in [-0.2, -0.15) is 0 Å². The molecule has 6 nitrogen and oxygen atoms in total. The summed E-state index contributed by atoms with van der Waals surface area (Å²) in [5.74, 6) is 0.309. The number of hydrogen-bond acceptors (Lipinski definition) is 6. The number of ether oxygens (including phenoxy) is 2. The van der Waals surface area contributed by atoms with Crippen LogP contribution in [0, 0.1) is 11.8 Å². The van der Waals surface area contributed by atoms with Crippen molar-refractivity contribution in [2.45, 2.75) is 297 Å². The number of aliphatic hydroxyl groups excluding tert-OH is 1. The van der Waals surface area contributed by atoms with E-state index in [1.807, 2.05) is 0 Å². The highest BCUT2D eigenvalue weighted by Gasteiger charge is 2.20. The first-order chi connectivity index (χ1) is 30.5. The molecule has 0 saturated heterocycles. The average Bonchev–Trinajstić information content (AvgIpc) is 3.27. The molecule has 0 bridgehead atoms. The van der Waals surface area contributed by atoms with Crippen molar-refractivity contribution in [2.24, 2.45) is 11.8 Å². The van der Waals surface area contributed by atoms with Gasteiger partial charge in [0.25, 0.3) is 0 Å². The molecule has 0 radical (unpaired) electrons. The van der Waals surface area contributed by atoms with Crippen LogP contribution in [0.15, 0.2) is 0 Å². The molecule has 0 aliphatic rings. The summed E-state index contributed by atoms with van der Waals surface area (Å²) in [5.41, 5.74) is 0. The summed E-state index contributed by atoms with van der Waals surface area (Å²) < 4.78 is 11.8. The minimum atomic E-state index is 0.0662. The molecule has 0 aromatic heterocycles. The van der Waals surface area contributed by atoms with Gasteiger partial charge in [-0.1, -0.05) is 233 Å². The molecular weight excluding hydrogens is 767 g/mol. The molecule has 0 rings (SSSR count). The van der Waals surface area contributed by atoms with Crippen LogP contribution in [-0.2, 0) is 19.1 Å². The Hall–Kier alpha value is -1.14. The number of unbranched alkanes of at least 4 members (excludes halogenated alkanes) is 31. The van der Waals surface area contributed by atoms with Crippen LogP contribution in [0.25, 0.3) is 0 Å². The summed E-state index contributed by atoms with van der Waals surface area (Å²) in [5, 5.41) is 9.39. The Bertz CT molecular complexity index is 832. The molecule has 0 amide bonds. The Morgan fingerprint density at radius 1 is 0.339 bits per heavy atom. The van der Waals surface area contributed by atoms with Crippen molar-refractivity contribution in [1.29, 1.82) is 0 Å². The van der Waals surface area contributed by atoms with E-state index in [9.17, 15) is 14.7 Å². The lowest BCUT2D eigenvalue weighted by Gasteiger charge is -2.22. The molecule has 0 saturated carbocycles. The van der Waals surface area contributed by atoms with Gasteiger partial charge in [-0.05, 0) is 83.8 Å². The maximum atomic E-state index is 13.2. The Kier molecular flexibility index (Phi) is 49.9. The van der Waals surface area contributed by atoms with Crippen LogP contribution in [0.2, 0.25) is 0 Å². The van der Waals surface area contributed by atoms with Crippen molar-refractivity contribution >= 4 is 11.9 Å². The second-order valence-electron chi connectivity index (χ2n) is 19.5. The van der Waals surface area contributed by atoms with Gasteiger partial charge in [0, 0.05) is 6.61 Å². The molecule has 0 spiro atoms. The van der Waals surface area contributed by atoms with E-state index >= 15 is 0 Å². The summed E-state index contributed by atoms with van der Waals surface area (Å²) >= 11 is 0. The summed E-state index contributed by atoms with van der Waals surface area (Å²) in [6.45, 7) is 13.7. The third-order valence-corrected chi connectivity index (χ3v) is 13.4. The van der Waals surface area contributed by atoms with Gasteiger partial charge in [0.1, 0.15) is 0 Å². The van der Waals surface area contributed by atoms with Crippen LogP contribution in [0.1, 0.15) is 297 Å². The zero-order valence-electron chi connectivity index (χ0n) is 42.6. The molecule has 1 N–H and O–H groups in total. The van der Waals surface area contributed by atoms with Crippen molar-refractivity contribution in [3.05, 3.63) is 0 Å². The zero-order chi connectivity index (χ0) is 45.2. The van der Waals surface area contributed by atoms with Gasteiger partial charge >= 0.3 is 11.9 Å². The maximum absolute atomic E-state index is 13.2. The number of carbonyl (C=O) groups excluding carboxylic acids is 2.